The number of carbonyl (C=O) groups excluding carboxylic acids is 1. The Morgan fingerprint density at radius 1 is 0.900 bits per heavy atom. The van der Waals surface area contributed by atoms with Gasteiger partial charge in [-0.1, -0.05) is 18.2 Å². The summed E-state index contributed by atoms with van der Waals surface area (Å²) in [5.41, 5.74) is 2.04. The molecule has 1 N–H and O–H groups in total. The highest BCUT2D eigenvalue weighted by molar-refractivity contribution is 5.94. The van der Waals surface area contributed by atoms with Crippen LogP contribution in [0.5, 0.6) is 17.2 Å². The lowest BCUT2D eigenvalue weighted by atomic mass is 9.97. The first kappa shape index (κ1) is 21.2. The monoisotopic (exact) mass is 409 g/mol. The highest BCUT2D eigenvalue weighted by atomic mass is 19.1. The molecule has 3 aromatic carbocycles. The maximum Gasteiger partial charge on any atom is 0.252 e. The van der Waals surface area contributed by atoms with Gasteiger partial charge in [-0.05, 0) is 66.6 Å². The number of methoxy groups -OCH3 is 2. The van der Waals surface area contributed by atoms with E-state index in [4.69, 9.17) is 14.2 Å². The van der Waals surface area contributed by atoms with E-state index in [-0.39, 0.29) is 5.91 Å². The summed E-state index contributed by atoms with van der Waals surface area (Å²) in [7, 11) is 3.13. The molecule has 0 saturated heterocycles. The van der Waals surface area contributed by atoms with E-state index in [9.17, 15) is 9.18 Å². The van der Waals surface area contributed by atoms with Gasteiger partial charge in [0.05, 0.1) is 26.9 Å². The number of carbonyl (C=O) groups is 1. The highest BCUT2D eigenvalue weighted by Gasteiger charge is 2.20. The topological polar surface area (TPSA) is 56.8 Å². The van der Waals surface area contributed by atoms with Crippen LogP contribution in [-0.2, 0) is 0 Å². The van der Waals surface area contributed by atoms with Crippen molar-refractivity contribution in [2.75, 3.05) is 20.8 Å². The fourth-order valence-electron chi connectivity index (χ4n) is 3.13. The van der Waals surface area contributed by atoms with Crippen molar-refractivity contribution in [2.45, 2.75) is 13.0 Å². The van der Waals surface area contributed by atoms with Crippen LogP contribution in [0.15, 0.2) is 66.7 Å². The third kappa shape index (κ3) is 4.89. The molecule has 0 aliphatic rings. The summed E-state index contributed by atoms with van der Waals surface area (Å²) >= 11 is 0. The van der Waals surface area contributed by atoms with Crippen LogP contribution in [0, 0.1) is 5.82 Å². The van der Waals surface area contributed by atoms with Crippen LogP contribution >= 0.6 is 0 Å². The first-order valence-corrected chi connectivity index (χ1v) is 9.56. The first-order chi connectivity index (χ1) is 14.5. The Hall–Kier alpha value is -3.54. The Morgan fingerprint density at radius 3 is 2.13 bits per heavy atom. The number of hydrogen-bond acceptors (Lipinski definition) is 4. The van der Waals surface area contributed by atoms with E-state index in [1.54, 1.807) is 20.3 Å². The second-order valence-electron chi connectivity index (χ2n) is 6.53. The predicted molar refractivity (Wildman–Crippen MR) is 113 cm³/mol. The van der Waals surface area contributed by atoms with Gasteiger partial charge in [0.1, 0.15) is 11.6 Å². The van der Waals surface area contributed by atoms with Gasteiger partial charge >= 0.3 is 0 Å². The molecule has 156 valence electrons. The quantitative estimate of drug-likeness (QED) is 0.583. The van der Waals surface area contributed by atoms with Crippen molar-refractivity contribution in [1.29, 1.82) is 0 Å². The van der Waals surface area contributed by atoms with Gasteiger partial charge in [0.2, 0.25) is 0 Å². The van der Waals surface area contributed by atoms with Crippen molar-refractivity contribution in [2.24, 2.45) is 0 Å². The van der Waals surface area contributed by atoms with E-state index >= 15 is 0 Å². The third-order valence-corrected chi connectivity index (χ3v) is 4.65. The summed E-state index contributed by atoms with van der Waals surface area (Å²) in [5, 5.41) is 3.03. The molecule has 5 nitrogen and oxygen atoms in total. The zero-order valence-electron chi connectivity index (χ0n) is 17.1. The molecule has 1 amide bonds. The molecular formula is C24H24FNO4. The molecule has 0 aliphatic heterocycles. The summed E-state index contributed by atoms with van der Waals surface area (Å²) in [6.07, 6.45) is 0. The van der Waals surface area contributed by atoms with Crippen LogP contribution in [0.3, 0.4) is 0 Å². The van der Waals surface area contributed by atoms with E-state index in [1.165, 1.54) is 24.3 Å². The maximum atomic E-state index is 13.2. The number of ether oxygens (including phenoxy) is 3. The number of rotatable bonds is 8. The Kier molecular flexibility index (Phi) is 6.91. The molecule has 30 heavy (non-hydrogen) atoms. The summed E-state index contributed by atoms with van der Waals surface area (Å²) in [5.74, 6) is 1.19. The molecule has 0 radical (unpaired) electrons. The van der Waals surface area contributed by atoms with Crippen molar-refractivity contribution in [3.8, 4) is 17.2 Å². The van der Waals surface area contributed by atoms with E-state index in [0.29, 0.717) is 23.7 Å². The minimum absolute atomic E-state index is 0.316. The van der Waals surface area contributed by atoms with Gasteiger partial charge in [-0.3, -0.25) is 4.79 Å². The molecule has 0 aliphatic carbocycles. The Labute approximate surface area is 175 Å². The van der Waals surface area contributed by atoms with Crippen molar-refractivity contribution >= 4 is 5.91 Å². The van der Waals surface area contributed by atoms with Crippen molar-refractivity contribution in [3.05, 3.63) is 89.2 Å². The molecular weight excluding hydrogens is 385 g/mol. The average molecular weight is 409 g/mol. The second-order valence-corrected chi connectivity index (χ2v) is 6.53. The van der Waals surface area contributed by atoms with Gasteiger partial charge in [-0.25, -0.2) is 4.39 Å². The van der Waals surface area contributed by atoms with Crippen LogP contribution in [0.2, 0.25) is 0 Å². The molecule has 0 bridgehead atoms. The van der Waals surface area contributed by atoms with Crippen molar-refractivity contribution < 1.29 is 23.4 Å². The summed E-state index contributed by atoms with van der Waals surface area (Å²) in [6.45, 7) is 2.49. The Balaban J connectivity index is 1.97. The maximum absolute atomic E-state index is 13.2. The van der Waals surface area contributed by atoms with E-state index in [1.807, 2.05) is 43.3 Å². The third-order valence-electron chi connectivity index (χ3n) is 4.65. The molecule has 3 rings (SSSR count). The normalized spacial score (nSPS) is 11.5. The Bertz CT molecular complexity index is 987. The van der Waals surface area contributed by atoms with Gasteiger partial charge in [-0.15, -0.1) is 0 Å². The lowest BCUT2D eigenvalue weighted by Gasteiger charge is -2.21. The van der Waals surface area contributed by atoms with Crippen LogP contribution in [-0.4, -0.2) is 26.7 Å². The van der Waals surface area contributed by atoms with Crippen LogP contribution in [0.4, 0.5) is 4.39 Å². The summed E-state index contributed by atoms with van der Waals surface area (Å²) in [4.78, 5) is 12.8. The van der Waals surface area contributed by atoms with E-state index in [0.717, 1.165) is 16.9 Å². The molecule has 0 spiro atoms. The largest absolute Gasteiger partial charge is 0.494 e. The minimum Gasteiger partial charge on any atom is -0.494 e. The molecule has 6 heteroatoms. The van der Waals surface area contributed by atoms with Gasteiger partial charge in [-0.2, -0.15) is 0 Å². The molecule has 0 heterocycles. The number of benzene rings is 3. The van der Waals surface area contributed by atoms with Gasteiger partial charge in [0.25, 0.3) is 5.91 Å². The zero-order valence-corrected chi connectivity index (χ0v) is 17.1. The average Bonchev–Trinajstić information content (AvgIpc) is 2.78. The molecule has 1 atom stereocenters. The van der Waals surface area contributed by atoms with Crippen molar-refractivity contribution in [3.63, 3.8) is 0 Å². The number of halogens is 1. The van der Waals surface area contributed by atoms with Crippen LogP contribution in [0.25, 0.3) is 0 Å². The lowest BCUT2D eigenvalue weighted by Crippen LogP contribution is -2.29. The molecule has 0 aromatic heterocycles. The van der Waals surface area contributed by atoms with Gasteiger partial charge in [0, 0.05) is 5.56 Å². The highest BCUT2D eigenvalue weighted by Crippen LogP contribution is 2.33. The van der Waals surface area contributed by atoms with Crippen LogP contribution in [0.1, 0.15) is 34.5 Å². The first-order valence-electron chi connectivity index (χ1n) is 9.56. The van der Waals surface area contributed by atoms with E-state index in [2.05, 4.69) is 5.32 Å². The minimum atomic E-state index is -0.460. The second kappa shape index (κ2) is 9.78. The van der Waals surface area contributed by atoms with Crippen molar-refractivity contribution in [1.82, 2.24) is 5.32 Å². The summed E-state index contributed by atoms with van der Waals surface area (Å²) in [6, 6.07) is 18.0. The fraction of sp³-hybridized carbons (Fsp3) is 0.208. The summed E-state index contributed by atoms with van der Waals surface area (Å²) < 4.78 is 29.5. The molecule has 0 fully saturated rings. The molecule has 0 saturated carbocycles. The number of nitrogens with one attached hydrogen (secondary N) is 1. The van der Waals surface area contributed by atoms with E-state index < -0.39 is 11.9 Å². The molecule has 3 aromatic rings. The van der Waals surface area contributed by atoms with Gasteiger partial charge < -0.3 is 19.5 Å². The standard InChI is InChI=1S/C24H24FNO4/c1-4-30-20-12-7-16(8-13-20)23(18-9-14-21(28-2)22(15-18)29-3)26-24(27)17-5-10-19(25)11-6-17/h5-15,23H,4H2,1-3H3,(H,26,27)/t23-/m1/s1. The number of amides is 1. The zero-order chi connectivity index (χ0) is 21.5. The smallest absolute Gasteiger partial charge is 0.252 e. The lowest BCUT2D eigenvalue weighted by molar-refractivity contribution is 0.0943. The Morgan fingerprint density at radius 2 is 1.53 bits per heavy atom. The van der Waals surface area contributed by atoms with Gasteiger partial charge in [0.15, 0.2) is 11.5 Å². The van der Waals surface area contributed by atoms with Crippen LogP contribution < -0.4 is 19.5 Å². The predicted octanol–water partition coefficient (Wildman–Crippen LogP) is 4.76. The fourth-order valence-corrected chi connectivity index (χ4v) is 3.13. The SMILES string of the molecule is CCOc1ccc([C@@H](NC(=O)c2ccc(F)cc2)c2ccc(OC)c(OC)c2)cc1. The molecule has 0 unspecified atom stereocenters. The number of hydrogen-bond donors (Lipinski definition) is 1.